The van der Waals surface area contributed by atoms with Crippen molar-refractivity contribution in [1.29, 1.82) is 0 Å². The number of pyridine rings is 1. The fraction of sp³-hybridized carbons (Fsp3) is 0.385. The lowest BCUT2D eigenvalue weighted by molar-refractivity contribution is 0.0240. The van der Waals surface area contributed by atoms with Crippen molar-refractivity contribution in [2.24, 2.45) is 0 Å². The molecule has 0 saturated carbocycles. The van der Waals surface area contributed by atoms with Crippen molar-refractivity contribution in [3.8, 4) is 22.8 Å². The summed E-state index contributed by atoms with van der Waals surface area (Å²) in [7, 11) is 0. The third-order valence-electron chi connectivity index (χ3n) is 6.05. The predicted octanol–water partition coefficient (Wildman–Crippen LogP) is 4.57. The first-order valence-electron chi connectivity index (χ1n) is 12.6. The van der Waals surface area contributed by atoms with Crippen molar-refractivity contribution in [2.75, 3.05) is 31.1 Å². The zero-order valence-electron chi connectivity index (χ0n) is 22.1. The van der Waals surface area contributed by atoms with Crippen molar-refractivity contribution < 1.29 is 27.1 Å². The van der Waals surface area contributed by atoms with Crippen LogP contribution in [0.2, 0.25) is 0 Å². The molecule has 5 rings (SSSR count). The van der Waals surface area contributed by atoms with E-state index in [0.29, 0.717) is 43.1 Å². The lowest BCUT2D eigenvalue weighted by Crippen LogP contribution is -2.50. The summed E-state index contributed by atoms with van der Waals surface area (Å²) < 4.78 is 52.0. The van der Waals surface area contributed by atoms with Crippen LogP contribution in [0.3, 0.4) is 0 Å². The third-order valence-corrected chi connectivity index (χ3v) is 6.05. The van der Waals surface area contributed by atoms with Gasteiger partial charge in [0.1, 0.15) is 22.9 Å². The quantitative estimate of drug-likeness (QED) is 0.337. The van der Waals surface area contributed by atoms with E-state index < -0.39 is 23.7 Å². The number of halogens is 3. The fourth-order valence-electron chi connectivity index (χ4n) is 4.10. The predicted molar refractivity (Wildman–Crippen MR) is 137 cm³/mol. The van der Waals surface area contributed by atoms with Gasteiger partial charge >= 0.3 is 12.5 Å². The topological polar surface area (TPSA) is 115 Å². The largest absolute Gasteiger partial charge is 0.444 e. The minimum Gasteiger partial charge on any atom is -0.444 e. The van der Waals surface area contributed by atoms with Crippen LogP contribution in [0.1, 0.15) is 38.7 Å². The Balaban J connectivity index is 1.23. The second kappa shape index (κ2) is 10.9. The molecule has 1 aromatic carbocycles. The minimum absolute atomic E-state index is 0.0809. The van der Waals surface area contributed by atoms with Crippen LogP contribution in [0, 0.1) is 5.82 Å². The SMILES string of the molecule is CC(C)(C)OC(=O)N1CCN(c2cccc(-c3cn(Cc4ccc(-c5nnc(C(F)F)o5)cc4F)nn3)n2)CC1. The average molecular weight is 557 g/mol. The third kappa shape index (κ3) is 6.21. The number of piperazine rings is 1. The van der Waals surface area contributed by atoms with Gasteiger partial charge in [0.05, 0.1) is 18.4 Å². The molecule has 40 heavy (non-hydrogen) atoms. The molecule has 210 valence electrons. The number of hydrogen-bond acceptors (Lipinski definition) is 9. The number of carbonyl (C=O) groups is 1. The maximum absolute atomic E-state index is 14.8. The molecule has 14 heteroatoms. The van der Waals surface area contributed by atoms with Gasteiger partial charge in [-0.3, -0.25) is 0 Å². The number of anilines is 1. The van der Waals surface area contributed by atoms with E-state index >= 15 is 0 Å². The Kier molecular flexibility index (Phi) is 7.41. The highest BCUT2D eigenvalue weighted by atomic mass is 19.3. The molecule has 0 bridgehead atoms. The maximum Gasteiger partial charge on any atom is 0.410 e. The van der Waals surface area contributed by atoms with Gasteiger partial charge in [0.15, 0.2) is 0 Å². The van der Waals surface area contributed by atoms with Crippen molar-refractivity contribution >= 4 is 11.9 Å². The minimum atomic E-state index is -2.91. The summed E-state index contributed by atoms with van der Waals surface area (Å²) in [6.07, 6.45) is -1.57. The summed E-state index contributed by atoms with van der Waals surface area (Å²) in [6, 6.07) is 9.71. The molecule has 0 spiro atoms. The molecule has 4 aromatic rings. The van der Waals surface area contributed by atoms with Gasteiger partial charge in [0.25, 0.3) is 5.89 Å². The summed E-state index contributed by atoms with van der Waals surface area (Å²) in [6.45, 7) is 7.83. The zero-order valence-corrected chi connectivity index (χ0v) is 22.1. The molecule has 1 aliphatic heterocycles. The Labute approximate surface area is 227 Å². The van der Waals surface area contributed by atoms with Crippen LogP contribution in [-0.2, 0) is 11.3 Å². The highest BCUT2D eigenvalue weighted by Gasteiger charge is 2.26. The lowest BCUT2D eigenvalue weighted by atomic mass is 10.1. The van der Waals surface area contributed by atoms with E-state index in [9.17, 15) is 18.0 Å². The zero-order chi connectivity index (χ0) is 28.4. The number of carbonyl (C=O) groups excluding carboxylic acids is 1. The first kappa shape index (κ1) is 27.1. The number of ether oxygens (including phenoxy) is 1. The Hall–Kier alpha value is -4.49. The van der Waals surface area contributed by atoms with E-state index in [1.54, 1.807) is 11.1 Å². The molecule has 0 unspecified atom stereocenters. The Morgan fingerprint density at radius 1 is 1.05 bits per heavy atom. The van der Waals surface area contributed by atoms with Crippen LogP contribution in [-0.4, -0.2) is 72.9 Å². The first-order valence-corrected chi connectivity index (χ1v) is 12.6. The molecular formula is C26H27F3N8O3. The van der Waals surface area contributed by atoms with Crippen LogP contribution in [0.5, 0.6) is 0 Å². The molecule has 0 aliphatic carbocycles. The van der Waals surface area contributed by atoms with Crippen LogP contribution in [0.15, 0.2) is 47.0 Å². The van der Waals surface area contributed by atoms with Crippen LogP contribution in [0.4, 0.5) is 23.8 Å². The van der Waals surface area contributed by atoms with Crippen molar-refractivity contribution in [2.45, 2.75) is 39.3 Å². The van der Waals surface area contributed by atoms with E-state index in [2.05, 4.69) is 25.4 Å². The second-order valence-corrected chi connectivity index (χ2v) is 10.2. The molecule has 0 atom stereocenters. The van der Waals surface area contributed by atoms with Gasteiger partial charge in [-0.15, -0.1) is 15.3 Å². The number of aromatic nitrogens is 6. The number of alkyl halides is 2. The number of amides is 1. The molecule has 3 aromatic heterocycles. The second-order valence-electron chi connectivity index (χ2n) is 10.2. The fourth-order valence-corrected chi connectivity index (χ4v) is 4.10. The summed E-state index contributed by atoms with van der Waals surface area (Å²) in [5, 5.41) is 15.1. The summed E-state index contributed by atoms with van der Waals surface area (Å²) >= 11 is 0. The Morgan fingerprint density at radius 3 is 2.50 bits per heavy atom. The molecule has 0 radical (unpaired) electrons. The monoisotopic (exact) mass is 556 g/mol. The smallest absolute Gasteiger partial charge is 0.410 e. The number of rotatable bonds is 6. The normalized spacial score (nSPS) is 14.2. The summed E-state index contributed by atoms with van der Waals surface area (Å²) in [5.41, 5.74) is 1.05. The van der Waals surface area contributed by atoms with E-state index in [-0.39, 0.29) is 24.1 Å². The Bertz CT molecular complexity index is 1490. The highest BCUT2D eigenvalue weighted by molar-refractivity contribution is 5.68. The van der Waals surface area contributed by atoms with E-state index in [1.807, 2.05) is 39.0 Å². The average Bonchev–Trinajstić information content (AvgIpc) is 3.60. The van der Waals surface area contributed by atoms with Crippen molar-refractivity contribution in [3.63, 3.8) is 0 Å². The molecule has 1 aliphatic rings. The van der Waals surface area contributed by atoms with E-state index in [4.69, 9.17) is 14.1 Å². The van der Waals surface area contributed by atoms with Crippen LogP contribution < -0.4 is 4.90 Å². The number of nitrogens with zero attached hydrogens (tertiary/aromatic N) is 8. The molecular weight excluding hydrogens is 529 g/mol. The van der Waals surface area contributed by atoms with E-state index in [1.165, 1.54) is 16.8 Å². The maximum atomic E-state index is 14.8. The van der Waals surface area contributed by atoms with Gasteiger partial charge in [-0.05, 0) is 45.0 Å². The summed E-state index contributed by atoms with van der Waals surface area (Å²) in [4.78, 5) is 20.8. The highest BCUT2D eigenvalue weighted by Crippen LogP contribution is 2.26. The Morgan fingerprint density at radius 2 is 1.82 bits per heavy atom. The molecule has 0 N–H and O–H groups in total. The van der Waals surface area contributed by atoms with Crippen LogP contribution in [0.25, 0.3) is 22.8 Å². The van der Waals surface area contributed by atoms with Crippen LogP contribution >= 0.6 is 0 Å². The van der Waals surface area contributed by atoms with Gasteiger partial charge < -0.3 is 19.0 Å². The van der Waals surface area contributed by atoms with Gasteiger partial charge in [-0.1, -0.05) is 17.3 Å². The number of hydrogen-bond donors (Lipinski definition) is 0. The molecule has 11 nitrogen and oxygen atoms in total. The molecule has 4 heterocycles. The molecule has 1 fully saturated rings. The standard InChI is InChI=1S/C26H27F3N8O3/c1-26(2,3)40-25(38)36-11-9-35(10-12-36)21-6-4-5-19(30-21)20-15-37(34-31-20)14-17-8-7-16(13-18(17)27)23-32-33-24(39-23)22(28)29/h4-8,13,15,22H,9-12,14H2,1-3H3. The molecule has 1 amide bonds. The lowest BCUT2D eigenvalue weighted by Gasteiger charge is -2.36. The van der Waals surface area contributed by atoms with Crippen molar-refractivity contribution in [1.82, 2.24) is 35.1 Å². The van der Waals surface area contributed by atoms with Gasteiger partial charge in [0, 0.05) is 37.3 Å². The first-order chi connectivity index (χ1) is 19.1. The number of benzene rings is 1. The van der Waals surface area contributed by atoms with Gasteiger partial charge in [0.2, 0.25) is 5.89 Å². The van der Waals surface area contributed by atoms with Gasteiger partial charge in [-0.2, -0.15) is 8.78 Å². The van der Waals surface area contributed by atoms with E-state index in [0.717, 1.165) is 11.9 Å². The van der Waals surface area contributed by atoms with Gasteiger partial charge in [-0.25, -0.2) is 18.9 Å². The summed E-state index contributed by atoms with van der Waals surface area (Å²) in [5.74, 6) is -0.859. The van der Waals surface area contributed by atoms with Crippen molar-refractivity contribution in [3.05, 3.63) is 59.9 Å². The molecule has 1 saturated heterocycles.